The van der Waals surface area contributed by atoms with Crippen LogP contribution < -0.4 is 20.3 Å². The highest BCUT2D eigenvalue weighted by atomic mass is 19.1. The average Bonchev–Trinajstić information content (AvgIpc) is 3.33. The fourth-order valence-electron chi connectivity index (χ4n) is 4.72. The average molecular weight is 582 g/mol. The lowest BCUT2D eigenvalue weighted by Crippen LogP contribution is -2.49. The largest absolute Gasteiger partial charge is 0.497 e. The third kappa shape index (κ3) is 9.59. The van der Waals surface area contributed by atoms with Gasteiger partial charge in [0.2, 0.25) is 11.8 Å². The molecule has 0 aromatic heterocycles. The number of nitrogens with zero attached hydrogens (tertiary/aromatic N) is 1. The Bertz CT molecular complexity index is 1230. The van der Waals surface area contributed by atoms with Gasteiger partial charge in [0.05, 0.1) is 20.8 Å². The second-order valence-electron chi connectivity index (χ2n) is 9.74. The Morgan fingerprint density at radius 2 is 1.93 bits per heavy atom. The molecule has 0 bridgehead atoms. The summed E-state index contributed by atoms with van der Waals surface area (Å²) in [5, 5.41) is 2.93. The molecule has 1 saturated heterocycles. The summed E-state index contributed by atoms with van der Waals surface area (Å²) in [6.07, 6.45) is 3.88. The van der Waals surface area contributed by atoms with Crippen molar-refractivity contribution in [2.45, 2.75) is 51.6 Å². The van der Waals surface area contributed by atoms with Gasteiger partial charge >= 0.3 is 13.5 Å². The van der Waals surface area contributed by atoms with Gasteiger partial charge in [0.1, 0.15) is 23.4 Å². The van der Waals surface area contributed by atoms with Gasteiger partial charge in [-0.05, 0) is 56.0 Å². The highest BCUT2D eigenvalue weighted by Gasteiger charge is 2.34. The quantitative estimate of drug-likeness (QED) is 0.134. The molecule has 0 spiro atoms. The summed E-state index contributed by atoms with van der Waals surface area (Å²) in [6, 6.07) is 9.81. The van der Waals surface area contributed by atoms with Gasteiger partial charge in [-0.3, -0.25) is 9.59 Å². The first-order valence-corrected chi connectivity index (χ1v) is 13.9. The maximum atomic E-state index is 13.4. The molecule has 2 aromatic carbocycles. The van der Waals surface area contributed by atoms with E-state index in [-0.39, 0.29) is 37.1 Å². The Hall–Kier alpha value is -3.90. The number of hydroxylamine groups is 1. The van der Waals surface area contributed by atoms with Crippen molar-refractivity contribution in [1.82, 2.24) is 15.7 Å². The number of likely N-dealkylation sites (tertiary alicyclic amines) is 1. The molecule has 2 N–H and O–H groups in total. The van der Waals surface area contributed by atoms with Crippen molar-refractivity contribution in [3.8, 4) is 11.5 Å². The maximum absolute atomic E-state index is 13.4. The van der Waals surface area contributed by atoms with Crippen molar-refractivity contribution < 1.29 is 37.7 Å². The molecule has 1 unspecified atom stereocenters. The molecule has 12 heteroatoms. The molecule has 1 aliphatic heterocycles. The number of rotatable bonds is 16. The Balaban J connectivity index is 1.73. The molecule has 1 fully saturated rings. The normalized spacial score (nSPS) is 16.3. The van der Waals surface area contributed by atoms with E-state index in [0.29, 0.717) is 31.0 Å². The number of carbonyl (C=O) groups is 3. The molecule has 2 amide bonds. The molecule has 0 aliphatic carbocycles. The molecule has 1 aliphatic rings. The van der Waals surface area contributed by atoms with E-state index in [1.165, 1.54) is 25.7 Å². The summed E-state index contributed by atoms with van der Waals surface area (Å²) in [6.45, 7) is 4.47. The van der Waals surface area contributed by atoms with E-state index in [1.807, 2.05) is 12.1 Å². The predicted molar refractivity (Wildman–Crippen MR) is 155 cm³/mol. The van der Waals surface area contributed by atoms with Crippen LogP contribution in [0.5, 0.6) is 11.5 Å². The van der Waals surface area contributed by atoms with Crippen LogP contribution in [0.1, 0.15) is 30.9 Å². The van der Waals surface area contributed by atoms with E-state index < -0.39 is 24.0 Å². The summed E-state index contributed by atoms with van der Waals surface area (Å²) in [5.41, 5.74) is 4.27. The summed E-state index contributed by atoms with van der Waals surface area (Å²) in [4.78, 5) is 40.6. The molecule has 10 nitrogen and oxygen atoms in total. The van der Waals surface area contributed by atoms with Crippen LogP contribution >= 0.6 is 0 Å². The summed E-state index contributed by atoms with van der Waals surface area (Å²) in [7, 11) is 4.54. The van der Waals surface area contributed by atoms with Crippen LogP contribution in [-0.4, -0.2) is 69.6 Å². The molecule has 2 aromatic rings. The zero-order valence-electron chi connectivity index (χ0n) is 24.4. The lowest BCUT2D eigenvalue weighted by atomic mass is 9.97. The molecule has 42 heavy (non-hydrogen) atoms. The molecule has 3 atom stereocenters. The number of ether oxygens (including phenoxy) is 3. The number of methoxy groups -OCH3 is 2. The number of hydrogen-bond acceptors (Lipinski definition) is 8. The number of benzene rings is 2. The van der Waals surface area contributed by atoms with Crippen molar-refractivity contribution >= 4 is 25.3 Å². The third-order valence-electron chi connectivity index (χ3n) is 6.88. The summed E-state index contributed by atoms with van der Waals surface area (Å²) >= 11 is 0. The number of hydrogen-bond donors (Lipinski definition) is 2. The predicted octanol–water partition coefficient (Wildman–Crippen LogP) is 2.99. The van der Waals surface area contributed by atoms with Crippen LogP contribution in [0.3, 0.4) is 0 Å². The second-order valence-corrected chi connectivity index (χ2v) is 9.74. The van der Waals surface area contributed by atoms with Crippen LogP contribution in [0.4, 0.5) is 4.39 Å². The first-order valence-electron chi connectivity index (χ1n) is 13.9. The molecule has 0 saturated carbocycles. The van der Waals surface area contributed by atoms with Crippen LogP contribution in [0.2, 0.25) is 6.82 Å². The zero-order valence-corrected chi connectivity index (χ0v) is 24.4. The summed E-state index contributed by atoms with van der Waals surface area (Å²) in [5.74, 6) is -0.494. The minimum atomic E-state index is -0.830. The maximum Gasteiger partial charge on any atom is 0.330 e. The van der Waals surface area contributed by atoms with Gasteiger partial charge in [0.25, 0.3) is 0 Å². The van der Waals surface area contributed by atoms with Crippen molar-refractivity contribution in [2.75, 3.05) is 27.4 Å². The number of nitrogens with one attached hydrogen (secondary N) is 2. The van der Waals surface area contributed by atoms with Gasteiger partial charge in [-0.25, -0.2) is 14.7 Å². The van der Waals surface area contributed by atoms with E-state index in [9.17, 15) is 18.8 Å². The van der Waals surface area contributed by atoms with E-state index in [1.54, 1.807) is 57.1 Å². The Morgan fingerprint density at radius 3 is 2.60 bits per heavy atom. The topological polar surface area (TPSA) is 115 Å². The number of halogens is 1. The highest BCUT2D eigenvalue weighted by Crippen LogP contribution is 2.30. The van der Waals surface area contributed by atoms with E-state index >= 15 is 0 Å². The first kappa shape index (κ1) is 32.6. The van der Waals surface area contributed by atoms with Gasteiger partial charge < -0.3 is 29.2 Å². The van der Waals surface area contributed by atoms with E-state index in [2.05, 4.69) is 10.8 Å². The van der Waals surface area contributed by atoms with Crippen LogP contribution in [-0.2, 0) is 36.8 Å². The summed E-state index contributed by atoms with van der Waals surface area (Å²) < 4.78 is 34.3. The standard InChI is InChI=1S/C30H38BFN3O7/c1-5-41-28(36)13-11-24(33-29(37)26(34-42-31-2)16-20-6-9-23(32)10-7-20)17-21-14-15-35(30(21)38)19-22-8-12-25(39-3)18-27(22)40-4/h6-13,18,21,24,26,34H,5,14-17,19H2,1-4H3,(H,33,37)/b13-11+/t21-,24?,26-/m0/s1. The fraction of sp³-hybridized carbons (Fsp3) is 0.433. The van der Waals surface area contributed by atoms with Gasteiger partial charge in [-0.15, -0.1) is 0 Å². The van der Waals surface area contributed by atoms with Gasteiger partial charge in [-0.1, -0.05) is 25.0 Å². The Morgan fingerprint density at radius 1 is 1.17 bits per heavy atom. The second kappa shape index (κ2) is 16.5. The monoisotopic (exact) mass is 582 g/mol. The van der Waals surface area contributed by atoms with Crippen molar-refractivity contribution in [3.63, 3.8) is 0 Å². The van der Waals surface area contributed by atoms with Crippen molar-refractivity contribution in [1.29, 1.82) is 0 Å². The van der Waals surface area contributed by atoms with Gasteiger partial charge in [0.15, 0.2) is 0 Å². The molecular formula is C30H38BFN3O7. The lowest BCUT2D eigenvalue weighted by Gasteiger charge is -2.24. The molecule has 3 rings (SSSR count). The smallest absolute Gasteiger partial charge is 0.330 e. The van der Waals surface area contributed by atoms with Gasteiger partial charge in [0, 0.05) is 42.8 Å². The minimum Gasteiger partial charge on any atom is -0.497 e. The highest BCUT2D eigenvalue weighted by molar-refractivity contribution is 6.24. The zero-order chi connectivity index (χ0) is 30.5. The Labute approximate surface area is 246 Å². The lowest BCUT2D eigenvalue weighted by molar-refractivity contribution is -0.137. The molecule has 1 radical (unpaired) electrons. The van der Waals surface area contributed by atoms with E-state index in [4.69, 9.17) is 19.0 Å². The van der Waals surface area contributed by atoms with Crippen molar-refractivity contribution in [2.24, 2.45) is 5.92 Å². The SMILES string of the molecule is C[B]ON[C@@H](Cc1ccc(F)cc1)C(=O)NC(/C=C/C(=O)OCC)C[C@@H]1CCN(Cc2ccc(OC)cc2OC)C1=O. The minimum absolute atomic E-state index is 0.0541. The van der Waals surface area contributed by atoms with E-state index in [0.717, 1.165) is 11.1 Å². The van der Waals surface area contributed by atoms with Crippen molar-refractivity contribution in [3.05, 3.63) is 71.6 Å². The van der Waals surface area contributed by atoms with Crippen LogP contribution in [0.25, 0.3) is 0 Å². The molecule has 1 heterocycles. The number of amides is 2. The van der Waals surface area contributed by atoms with Crippen LogP contribution in [0.15, 0.2) is 54.6 Å². The Kier molecular flexibility index (Phi) is 12.8. The van der Waals surface area contributed by atoms with Gasteiger partial charge in [-0.2, -0.15) is 0 Å². The molecular weight excluding hydrogens is 544 g/mol. The number of esters is 1. The van der Waals surface area contributed by atoms with Crippen LogP contribution in [0, 0.1) is 11.7 Å². The first-order chi connectivity index (χ1) is 20.3. The third-order valence-corrected chi connectivity index (χ3v) is 6.88. The fourth-order valence-corrected chi connectivity index (χ4v) is 4.72. The number of carbonyl (C=O) groups excluding carboxylic acids is 3. The molecule has 225 valence electrons.